The molecule has 0 radical (unpaired) electrons. The van der Waals surface area contributed by atoms with Crippen LogP contribution in [-0.4, -0.2) is 15.1 Å². The van der Waals surface area contributed by atoms with Crippen molar-refractivity contribution in [3.8, 4) is 0 Å². The first kappa shape index (κ1) is 31.7. The van der Waals surface area contributed by atoms with Crippen LogP contribution in [0.4, 0.5) is 0 Å². The number of rotatable bonds is 25. The molecule has 184 valence electrons. The van der Waals surface area contributed by atoms with Gasteiger partial charge in [-0.3, -0.25) is 0 Å². The molecule has 0 atom stereocenters. The second-order valence-corrected chi connectivity index (χ2v) is 11.6. The third-order valence-electron chi connectivity index (χ3n) is 6.09. The second-order valence-electron chi connectivity index (χ2n) is 9.15. The Hall–Kier alpha value is 0.680. The average molecular weight is 506 g/mol. The van der Waals surface area contributed by atoms with E-state index in [9.17, 15) is 0 Å². The largest absolute Gasteiger partial charge is 0.371 e. The minimum Gasteiger partial charge on any atom is -0.371 e. The van der Waals surface area contributed by atoms with Crippen LogP contribution >= 0.6 is 49.7 Å². The molecule has 0 spiro atoms. The summed E-state index contributed by atoms with van der Waals surface area (Å²) in [5, 5.41) is 3.10. The van der Waals surface area contributed by atoms with Gasteiger partial charge < -0.3 is 5.32 Å². The first-order chi connectivity index (χ1) is 15.1. The summed E-state index contributed by atoms with van der Waals surface area (Å²) in [7, 11) is 0. The van der Waals surface area contributed by atoms with Crippen molar-refractivity contribution < 1.29 is 0 Å². The summed E-state index contributed by atoms with van der Waals surface area (Å²) in [5.74, 6) is 0. The molecule has 1 N–H and O–H groups in total. The Morgan fingerprint density at radius 1 is 0.419 bits per heavy atom. The van der Waals surface area contributed by atoms with Gasteiger partial charge in [0.05, 0.1) is 0 Å². The van der Waals surface area contributed by atoms with Crippen molar-refractivity contribution in [2.45, 2.75) is 148 Å². The highest BCUT2D eigenvalue weighted by Crippen LogP contribution is 2.15. The Kier molecular flexibility index (Phi) is 27.5. The van der Waals surface area contributed by atoms with Crippen molar-refractivity contribution in [2.24, 2.45) is 0 Å². The molecule has 0 heterocycles. The van der Waals surface area contributed by atoms with Crippen LogP contribution in [0.3, 0.4) is 0 Å². The number of hydrogen-bond donors (Lipinski definition) is 3. The van der Waals surface area contributed by atoms with Gasteiger partial charge in [0.1, 0.15) is 4.32 Å². The van der Waals surface area contributed by atoms with E-state index >= 15 is 0 Å². The lowest BCUT2D eigenvalue weighted by Gasteiger charge is -2.05. The maximum atomic E-state index is 4.99. The maximum absolute atomic E-state index is 4.99. The Balaban J connectivity index is 3.02. The van der Waals surface area contributed by atoms with Crippen LogP contribution in [0.25, 0.3) is 0 Å². The number of thiocarbonyl (C=S) groups is 2. The van der Waals surface area contributed by atoms with E-state index in [0.29, 0.717) is 4.32 Å². The van der Waals surface area contributed by atoms with Crippen molar-refractivity contribution in [2.75, 3.05) is 6.54 Å². The minimum absolute atomic E-state index is 0.624. The van der Waals surface area contributed by atoms with Crippen LogP contribution < -0.4 is 5.32 Å². The molecule has 0 saturated heterocycles. The van der Waals surface area contributed by atoms with Gasteiger partial charge >= 0.3 is 0 Å². The van der Waals surface area contributed by atoms with Gasteiger partial charge in [-0.15, -0.1) is 25.3 Å². The van der Waals surface area contributed by atoms with Gasteiger partial charge in [-0.2, -0.15) is 0 Å². The van der Waals surface area contributed by atoms with Gasteiger partial charge in [0.2, 0.25) is 0 Å². The molecule has 0 aliphatic carbocycles. The second kappa shape index (κ2) is 26.9. The van der Waals surface area contributed by atoms with Crippen LogP contribution in [-0.2, 0) is 0 Å². The molecule has 0 rings (SSSR count). The molecule has 0 unspecified atom stereocenters. The zero-order chi connectivity index (χ0) is 22.8. The van der Waals surface area contributed by atoms with E-state index in [0.717, 1.165) is 17.2 Å². The van der Waals surface area contributed by atoms with Crippen LogP contribution in [0.15, 0.2) is 0 Å². The molecule has 1 nitrogen and oxygen atoms in total. The summed E-state index contributed by atoms with van der Waals surface area (Å²) in [6, 6.07) is 0. The van der Waals surface area contributed by atoms with E-state index in [1.165, 1.54) is 141 Å². The number of nitrogens with one attached hydrogen (secondary N) is 1. The first-order valence-corrected chi connectivity index (χ1v) is 15.0. The molecule has 31 heavy (non-hydrogen) atoms. The van der Waals surface area contributed by atoms with Gasteiger partial charge in [-0.25, -0.2) is 0 Å². The molecule has 0 aromatic carbocycles. The van der Waals surface area contributed by atoms with Crippen LogP contribution in [0, 0.1) is 0 Å². The molecule has 0 aromatic heterocycles. The Bertz CT molecular complexity index is 365. The standard InChI is InChI=1S/C26H51NS4/c28-25(29)23-21-19-17-15-13-11-9-7-5-3-1-2-4-6-8-10-12-14-16-18-20-22-24-27-26(30)31/h1-24H2,(H,28,29)(H2,27,30,31). The van der Waals surface area contributed by atoms with Crippen molar-refractivity contribution >= 4 is 58.2 Å². The van der Waals surface area contributed by atoms with Gasteiger partial charge in [-0.05, 0) is 19.3 Å². The number of thiol groups is 2. The maximum Gasteiger partial charge on any atom is 0.130 e. The Morgan fingerprint density at radius 2 is 0.677 bits per heavy atom. The van der Waals surface area contributed by atoms with Crippen LogP contribution in [0.5, 0.6) is 0 Å². The van der Waals surface area contributed by atoms with Gasteiger partial charge in [-0.1, -0.05) is 153 Å². The fourth-order valence-corrected chi connectivity index (χ4v) is 4.65. The highest BCUT2D eigenvalue weighted by Gasteiger charge is 1.96. The SMILES string of the molecule is S=C(S)CCCCCCCCCCCCCCCCCCCCCCCCNC(=S)S. The predicted octanol–water partition coefficient (Wildman–Crippen LogP) is 10.0. The third kappa shape index (κ3) is 30.7. The van der Waals surface area contributed by atoms with Gasteiger partial charge in [0.25, 0.3) is 0 Å². The molecule has 0 aliphatic rings. The molecule has 0 aromatic rings. The van der Waals surface area contributed by atoms with E-state index in [4.69, 9.17) is 24.4 Å². The summed E-state index contributed by atoms with van der Waals surface area (Å²) < 4.78 is 1.50. The summed E-state index contributed by atoms with van der Waals surface area (Å²) in [6.45, 7) is 0.982. The third-order valence-corrected chi connectivity index (χ3v) is 6.82. The summed E-state index contributed by atoms with van der Waals surface area (Å²) in [4.78, 5) is 0. The van der Waals surface area contributed by atoms with E-state index < -0.39 is 0 Å². The fraction of sp³-hybridized carbons (Fsp3) is 0.923. The minimum atomic E-state index is 0.624. The fourth-order valence-electron chi connectivity index (χ4n) is 4.13. The first-order valence-electron chi connectivity index (χ1n) is 13.3. The van der Waals surface area contributed by atoms with Crippen molar-refractivity contribution in [1.82, 2.24) is 5.32 Å². The smallest absolute Gasteiger partial charge is 0.130 e. The number of hydrogen-bond acceptors (Lipinski definition) is 2. The summed E-state index contributed by atoms with van der Waals surface area (Å²) in [5.41, 5.74) is 0. The molecular weight excluding hydrogens is 455 g/mol. The normalized spacial score (nSPS) is 11.0. The summed E-state index contributed by atoms with van der Waals surface area (Å²) in [6.07, 6.45) is 31.9. The van der Waals surface area contributed by atoms with Crippen LogP contribution in [0.1, 0.15) is 148 Å². The molecular formula is C26H51NS4. The zero-order valence-corrected chi connectivity index (χ0v) is 23.6. The van der Waals surface area contributed by atoms with Gasteiger partial charge in [0.15, 0.2) is 0 Å². The topological polar surface area (TPSA) is 12.0 Å². The van der Waals surface area contributed by atoms with E-state index in [1.807, 2.05) is 0 Å². The quantitative estimate of drug-likeness (QED) is 0.0648. The van der Waals surface area contributed by atoms with E-state index in [1.54, 1.807) is 0 Å². The lowest BCUT2D eigenvalue weighted by Crippen LogP contribution is -2.17. The van der Waals surface area contributed by atoms with Crippen molar-refractivity contribution in [1.29, 1.82) is 0 Å². The Labute approximate surface area is 216 Å². The van der Waals surface area contributed by atoms with E-state index in [2.05, 4.69) is 30.6 Å². The molecule has 0 aliphatic heterocycles. The highest BCUT2D eigenvalue weighted by atomic mass is 32.1. The molecule has 0 fully saturated rings. The lowest BCUT2D eigenvalue weighted by atomic mass is 10.0. The molecule has 0 saturated carbocycles. The van der Waals surface area contributed by atoms with Crippen LogP contribution in [0.2, 0.25) is 0 Å². The predicted molar refractivity (Wildman–Crippen MR) is 157 cm³/mol. The highest BCUT2D eigenvalue weighted by molar-refractivity contribution is 8.11. The molecule has 0 amide bonds. The summed E-state index contributed by atoms with van der Waals surface area (Å²) >= 11 is 18.1. The lowest BCUT2D eigenvalue weighted by molar-refractivity contribution is 0.518. The zero-order valence-electron chi connectivity index (χ0n) is 20.2. The van der Waals surface area contributed by atoms with Gasteiger partial charge in [0, 0.05) is 10.7 Å². The van der Waals surface area contributed by atoms with Crippen molar-refractivity contribution in [3.63, 3.8) is 0 Å². The molecule has 0 bridgehead atoms. The van der Waals surface area contributed by atoms with E-state index in [-0.39, 0.29) is 0 Å². The number of unbranched alkanes of at least 4 members (excludes halogenated alkanes) is 21. The molecule has 5 heteroatoms. The monoisotopic (exact) mass is 505 g/mol. The Morgan fingerprint density at radius 3 is 0.935 bits per heavy atom. The van der Waals surface area contributed by atoms with Crippen molar-refractivity contribution in [3.05, 3.63) is 0 Å². The average Bonchev–Trinajstić information content (AvgIpc) is 2.73.